The monoisotopic (exact) mass is 473 g/mol. The fourth-order valence-electron chi connectivity index (χ4n) is 5.37. The molecule has 0 N–H and O–H groups in total. The lowest BCUT2D eigenvalue weighted by atomic mass is 9.88. The van der Waals surface area contributed by atoms with E-state index in [0.29, 0.717) is 0 Å². The maximum Gasteiger partial charge on any atom is 0.269 e. The molecule has 7 heteroatoms. The van der Waals surface area contributed by atoms with E-state index >= 15 is 0 Å². The molecule has 2 aliphatic heterocycles. The number of benzene rings is 2. The van der Waals surface area contributed by atoms with Crippen LogP contribution in [-0.2, 0) is 17.6 Å². The van der Waals surface area contributed by atoms with E-state index in [-0.39, 0.29) is 22.9 Å². The summed E-state index contributed by atoms with van der Waals surface area (Å²) in [6, 6.07) is 17.2. The second-order valence-corrected chi connectivity index (χ2v) is 9.56. The lowest BCUT2D eigenvalue weighted by Crippen LogP contribution is -2.34. The Labute approximate surface area is 203 Å². The Morgan fingerprint density at radius 1 is 1.00 bits per heavy atom. The normalized spacial score (nSPS) is 22.0. The molecule has 3 aliphatic rings. The third-order valence-electron chi connectivity index (χ3n) is 7.12. The van der Waals surface area contributed by atoms with Gasteiger partial charge in [0.05, 0.1) is 10.6 Å². The van der Waals surface area contributed by atoms with Crippen LogP contribution in [0.3, 0.4) is 0 Å². The summed E-state index contributed by atoms with van der Waals surface area (Å²) in [5.74, 6) is 0. The van der Waals surface area contributed by atoms with Crippen molar-refractivity contribution in [3.63, 3.8) is 0 Å². The largest absolute Gasteiger partial charge is 0.348 e. The minimum atomic E-state index is -0.357. The molecular formula is C27H24ClN3O3. The summed E-state index contributed by atoms with van der Waals surface area (Å²) in [7, 11) is 0. The first-order chi connectivity index (χ1) is 16.6. The molecule has 3 aromatic rings. The van der Waals surface area contributed by atoms with Crippen molar-refractivity contribution in [3.8, 4) is 0 Å². The van der Waals surface area contributed by atoms with Crippen LogP contribution in [0.4, 0.5) is 5.69 Å². The molecule has 0 spiro atoms. The summed E-state index contributed by atoms with van der Waals surface area (Å²) in [5, 5.41) is 11.9. The van der Waals surface area contributed by atoms with Crippen LogP contribution in [0.1, 0.15) is 46.9 Å². The van der Waals surface area contributed by atoms with E-state index in [0.717, 1.165) is 55.1 Å². The molecular weight excluding hydrogens is 450 g/mol. The topological polar surface area (TPSA) is 71.8 Å². The highest BCUT2D eigenvalue weighted by Crippen LogP contribution is 2.44. The molecule has 172 valence electrons. The number of fused-ring (bicyclic) bond motifs is 2. The van der Waals surface area contributed by atoms with E-state index in [2.05, 4.69) is 23.1 Å². The van der Waals surface area contributed by atoms with Gasteiger partial charge in [0.1, 0.15) is 12.3 Å². The molecule has 0 amide bonds. The van der Waals surface area contributed by atoms with Crippen LogP contribution in [0.25, 0.3) is 5.57 Å². The fourth-order valence-corrected chi connectivity index (χ4v) is 5.57. The van der Waals surface area contributed by atoms with Gasteiger partial charge in [0, 0.05) is 42.0 Å². The van der Waals surface area contributed by atoms with Crippen molar-refractivity contribution < 1.29 is 9.66 Å². The maximum atomic E-state index is 11.1. The first-order valence-electron chi connectivity index (χ1n) is 11.7. The summed E-state index contributed by atoms with van der Waals surface area (Å²) in [6.45, 7) is 1.78. The lowest BCUT2D eigenvalue weighted by molar-refractivity contribution is -0.384. The Morgan fingerprint density at radius 2 is 1.82 bits per heavy atom. The van der Waals surface area contributed by atoms with Crippen molar-refractivity contribution in [2.24, 2.45) is 0 Å². The number of rotatable bonds is 3. The fraction of sp³-hybridized carbons (Fsp3) is 0.296. The number of epoxide rings is 1. The molecule has 0 bridgehead atoms. The van der Waals surface area contributed by atoms with Crippen molar-refractivity contribution in [2.45, 2.75) is 38.0 Å². The molecule has 6 nitrogen and oxygen atoms in total. The van der Waals surface area contributed by atoms with Gasteiger partial charge in [-0.05, 0) is 66.1 Å². The number of piperidine rings is 1. The van der Waals surface area contributed by atoms with Gasteiger partial charge in [-0.1, -0.05) is 41.4 Å². The minimum absolute atomic E-state index is 0.0146. The Bertz CT molecular complexity index is 1310. The second kappa shape index (κ2) is 8.62. The number of hydrogen-bond donors (Lipinski definition) is 0. The van der Waals surface area contributed by atoms with Crippen molar-refractivity contribution in [1.29, 1.82) is 0 Å². The van der Waals surface area contributed by atoms with Crippen LogP contribution in [0, 0.1) is 10.1 Å². The highest BCUT2D eigenvalue weighted by molar-refractivity contribution is 6.30. The quantitative estimate of drug-likeness (QED) is 0.275. The average molecular weight is 474 g/mol. The van der Waals surface area contributed by atoms with Crippen molar-refractivity contribution in [2.75, 3.05) is 13.1 Å². The summed E-state index contributed by atoms with van der Waals surface area (Å²) in [4.78, 5) is 17.9. The van der Waals surface area contributed by atoms with Crippen LogP contribution in [0.5, 0.6) is 0 Å². The van der Waals surface area contributed by atoms with Gasteiger partial charge in [0.25, 0.3) is 5.69 Å². The minimum Gasteiger partial charge on any atom is -0.348 e. The lowest BCUT2D eigenvalue weighted by Gasteiger charge is -2.29. The van der Waals surface area contributed by atoms with Gasteiger partial charge < -0.3 is 4.74 Å². The molecule has 2 saturated heterocycles. The standard InChI is InChI=1S/C27H24ClN3O3/c28-21-8-9-23-19(15-21)7-6-18-4-2-12-29-25(18)24(23)17-10-13-30(14-11-17)27-26(34-27)20-3-1-5-22(16-20)31(32)33/h1-5,8-9,12,15-16,26-27H,6-7,10-11,13-14H2. The van der Waals surface area contributed by atoms with Crippen LogP contribution in [-0.4, -0.2) is 34.1 Å². The number of aryl methyl sites for hydroxylation is 2. The van der Waals surface area contributed by atoms with E-state index in [9.17, 15) is 10.1 Å². The third-order valence-corrected chi connectivity index (χ3v) is 7.36. The smallest absolute Gasteiger partial charge is 0.269 e. The number of nitro groups is 1. The van der Waals surface area contributed by atoms with Gasteiger partial charge in [-0.25, -0.2) is 0 Å². The van der Waals surface area contributed by atoms with E-state index in [1.54, 1.807) is 12.1 Å². The predicted octanol–water partition coefficient (Wildman–Crippen LogP) is 5.74. The first kappa shape index (κ1) is 21.5. The van der Waals surface area contributed by atoms with Crippen LogP contribution in [0.2, 0.25) is 5.02 Å². The number of likely N-dealkylation sites (tertiary alicyclic amines) is 1. The van der Waals surface area contributed by atoms with Crippen molar-refractivity contribution >= 4 is 22.9 Å². The molecule has 6 rings (SSSR count). The number of nitro benzene ring substituents is 1. The van der Waals surface area contributed by atoms with Gasteiger partial charge in [-0.3, -0.25) is 20.0 Å². The number of non-ortho nitro benzene ring substituents is 1. The number of nitrogens with zero attached hydrogens (tertiary/aromatic N) is 3. The number of pyridine rings is 1. The van der Waals surface area contributed by atoms with Crippen molar-refractivity contribution in [1.82, 2.24) is 9.88 Å². The second-order valence-electron chi connectivity index (χ2n) is 9.13. The highest BCUT2D eigenvalue weighted by atomic mass is 35.5. The van der Waals surface area contributed by atoms with E-state index in [1.807, 2.05) is 24.4 Å². The van der Waals surface area contributed by atoms with Crippen LogP contribution in [0.15, 0.2) is 66.4 Å². The maximum absolute atomic E-state index is 11.1. The Balaban J connectivity index is 1.26. The summed E-state index contributed by atoms with van der Waals surface area (Å²) >= 11 is 6.34. The molecule has 2 atom stereocenters. The molecule has 1 aromatic heterocycles. The van der Waals surface area contributed by atoms with Gasteiger partial charge in [0.2, 0.25) is 0 Å². The van der Waals surface area contributed by atoms with Gasteiger partial charge in [-0.15, -0.1) is 0 Å². The molecule has 2 fully saturated rings. The molecule has 2 unspecified atom stereocenters. The van der Waals surface area contributed by atoms with Crippen LogP contribution < -0.4 is 0 Å². The Kier molecular flexibility index (Phi) is 5.44. The molecule has 1 aliphatic carbocycles. The summed E-state index contributed by atoms with van der Waals surface area (Å²) in [6.07, 6.45) is 5.57. The molecule has 0 radical (unpaired) electrons. The SMILES string of the molecule is O=[N+]([O-])c1cccc(C2OC2N2CCC(=C3c4ccc(Cl)cc4CCc4cccnc43)CC2)c1. The molecule has 0 saturated carbocycles. The van der Waals surface area contributed by atoms with E-state index < -0.39 is 0 Å². The van der Waals surface area contributed by atoms with Gasteiger partial charge >= 0.3 is 0 Å². The zero-order valence-electron chi connectivity index (χ0n) is 18.6. The van der Waals surface area contributed by atoms with E-state index in [1.165, 1.54) is 33.9 Å². The number of hydrogen-bond acceptors (Lipinski definition) is 5. The van der Waals surface area contributed by atoms with Crippen molar-refractivity contribution in [3.05, 3.63) is 109 Å². The van der Waals surface area contributed by atoms with Crippen LogP contribution >= 0.6 is 11.6 Å². The molecule has 2 aromatic carbocycles. The zero-order valence-corrected chi connectivity index (χ0v) is 19.4. The summed E-state index contributed by atoms with van der Waals surface area (Å²) < 4.78 is 5.96. The predicted molar refractivity (Wildman–Crippen MR) is 131 cm³/mol. The zero-order chi connectivity index (χ0) is 23.2. The Morgan fingerprint density at radius 3 is 2.65 bits per heavy atom. The van der Waals surface area contributed by atoms with Gasteiger partial charge in [0.15, 0.2) is 0 Å². The number of halogens is 1. The third kappa shape index (κ3) is 3.92. The molecule has 3 heterocycles. The molecule has 34 heavy (non-hydrogen) atoms. The first-order valence-corrected chi connectivity index (χ1v) is 12.1. The summed E-state index contributed by atoms with van der Waals surface area (Å²) in [5.41, 5.74) is 8.60. The van der Waals surface area contributed by atoms with E-state index in [4.69, 9.17) is 21.3 Å². The average Bonchev–Trinajstić information content (AvgIpc) is 3.67. The number of ether oxygens (including phenoxy) is 1. The van der Waals surface area contributed by atoms with Gasteiger partial charge in [-0.2, -0.15) is 0 Å². The highest BCUT2D eigenvalue weighted by Gasteiger charge is 2.45. The number of aromatic nitrogens is 1. The Hall–Kier alpha value is -3.06.